The van der Waals surface area contributed by atoms with Gasteiger partial charge in [0.05, 0.1) is 11.3 Å². The van der Waals surface area contributed by atoms with E-state index in [4.69, 9.17) is 0 Å². The van der Waals surface area contributed by atoms with Gasteiger partial charge in [0.25, 0.3) is 5.91 Å². The highest BCUT2D eigenvalue weighted by atomic mass is 32.2. The normalized spacial score (nSPS) is 14.0. The number of hydrogen-bond acceptors (Lipinski definition) is 6. The van der Waals surface area contributed by atoms with Gasteiger partial charge in [0.15, 0.2) is 0 Å². The van der Waals surface area contributed by atoms with Crippen molar-refractivity contribution in [3.05, 3.63) is 34.8 Å². The van der Waals surface area contributed by atoms with Crippen LogP contribution in [0.15, 0.2) is 29.2 Å². The molecule has 0 saturated carbocycles. The molecule has 8 heteroatoms. The molecule has 6 nitrogen and oxygen atoms in total. The number of nitrogens with zero attached hydrogens (tertiary/aromatic N) is 3. The zero-order chi connectivity index (χ0) is 16.9. The van der Waals surface area contributed by atoms with E-state index in [0.29, 0.717) is 16.4 Å². The summed E-state index contributed by atoms with van der Waals surface area (Å²) in [6.45, 7) is 3.52. The van der Waals surface area contributed by atoms with Crippen LogP contribution in [0.4, 0.5) is 5.13 Å². The average molecular weight is 362 g/mol. The number of nitrogens with one attached hydrogen (secondary N) is 1. The molecular weight excluding hydrogens is 344 g/mol. The van der Waals surface area contributed by atoms with E-state index in [1.807, 2.05) is 30.0 Å². The maximum atomic E-state index is 12.5. The number of aromatic nitrogens is 2. The number of anilines is 1. The smallest absolute Gasteiger partial charge is 0.258 e. The zero-order valence-electron chi connectivity index (χ0n) is 13.3. The Morgan fingerprint density at radius 1 is 1.25 bits per heavy atom. The lowest BCUT2D eigenvalue weighted by Crippen LogP contribution is -2.29. The molecular formula is C16H18N4O2S2. The molecule has 0 radical (unpaired) electrons. The molecule has 0 spiro atoms. The Morgan fingerprint density at radius 2 is 2.00 bits per heavy atom. The minimum absolute atomic E-state index is 0.132. The number of carbonyl (C=O) groups excluding carboxylic acids is 2. The predicted molar refractivity (Wildman–Crippen MR) is 95.6 cm³/mol. The summed E-state index contributed by atoms with van der Waals surface area (Å²) in [5.74, 6) is 0.248. The van der Waals surface area contributed by atoms with E-state index in [1.54, 1.807) is 6.07 Å². The monoisotopic (exact) mass is 362 g/mol. The minimum Gasteiger partial charge on any atom is -0.342 e. The number of aryl methyl sites for hydroxylation is 1. The third kappa shape index (κ3) is 4.12. The second-order valence-corrected chi connectivity index (χ2v) is 7.65. The van der Waals surface area contributed by atoms with Crippen molar-refractivity contribution in [2.45, 2.75) is 24.7 Å². The maximum Gasteiger partial charge on any atom is 0.258 e. The maximum absolute atomic E-state index is 12.5. The molecule has 0 aliphatic carbocycles. The molecule has 126 valence electrons. The average Bonchev–Trinajstić information content (AvgIpc) is 3.25. The lowest BCUT2D eigenvalue weighted by atomic mass is 10.2. The van der Waals surface area contributed by atoms with Gasteiger partial charge in [0.1, 0.15) is 5.01 Å². The van der Waals surface area contributed by atoms with Crippen LogP contribution < -0.4 is 5.32 Å². The van der Waals surface area contributed by atoms with E-state index in [2.05, 4.69) is 15.5 Å². The van der Waals surface area contributed by atoms with Crippen molar-refractivity contribution in [1.29, 1.82) is 0 Å². The molecule has 1 N–H and O–H groups in total. The summed E-state index contributed by atoms with van der Waals surface area (Å²) in [5, 5.41) is 11.8. The van der Waals surface area contributed by atoms with Crippen molar-refractivity contribution in [2.75, 3.05) is 24.2 Å². The Hall–Kier alpha value is -1.93. The van der Waals surface area contributed by atoms with Gasteiger partial charge in [-0.15, -0.1) is 22.0 Å². The van der Waals surface area contributed by atoms with E-state index in [-0.39, 0.29) is 11.8 Å². The van der Waals surface area contributed by atoms with Gasteiger partial charge in [-0.1, -0.05) is 23.5 Å². The van der Waals surface area contributed by atoms with Crippen LogP contribution in [-0.2, 0) is 4.79 Å². The highest BCUT2D eigenvalue weighted by molar-refractivity contribution is 8.00. The fourth-order valence-electron chi connectivity index (χ4n) is 2.49. The number of benzene rings is 1. The molecule has 1 aliphatic rings. The van der Waals surface area contributed by atoms with Crippen molar-refractivity contribution < 1.29 is 9.59 Å². The molecule has 3 rings (SSSR count). The van der Waals surface area contributed by atoms with Gasteiger partial charge in [-0.3, -0.25) is 14.9 Å². The summed E-state index contributed by atoms with van der Waals surface area (Å²) in [6, 6.07) is 7.30. The molecule has 1 aliphatic heterocycles. The van der Waals surface area contributed by atoms with Gasteiger partial charge in [-0.05, 0) is 31.9 Å². The SMILES string of the molecule is Cc1nnc(NC(=O)c2ccccc2SCC(=O)N2CCCC2)s1. The molecule has 1 saturated heterocycles. The number of rotatable bonds is 5. The molecule has 1 fully saturated rings. The topological polar surface area (TPSA) is 75.2 Å². The summed E-state index contributed by atoms with van der Waals surface area (Å²) in [4.78, 5) is 27.3. The molecule has 0 unspecified atom stereocenters. The van der Waals surface area contributed by atoms with Crippen LogP contribution in [0.5, 0.6) is 0 Å². The van der Waals surface area contributed by atoms with Crippen molar-refractivity contribution in [2.24, 2.45) is 0 Å². The second-order valence-electron chi connectivity index (χ2n) is 5.45. The van der Waals surface area contributed by atoms with Crippen molar-refractivity contribution >= 4 is 40.0 Å². The molecule has 2 aromatic rings. The van der Waals surface area contributed by atoms with Crippen LogP contribution >= 0.6 is 23.1 Å². The van der Waals surface area contributed by atoms with E-state index in [9.17, 15) is 9.59 Å². The Balaban J connectivity index is 1.65. The molecule has 2 amide bonds. The first kappa shape index (κ1) is 16.9. The molecule has 1 aromatic heterocycles. The molecule has 2 heterocycles. The Bertz CT molecular complexity index is 741. The fourth-order valence-corrected chi connectivity index (χ4v) is 4.03. The van der Waals surface area contributed by atoms with Gasteiger partial charge in [0, 0.05) is 18.0 Å². The van der Waals surface area contributed by atoms with Crippen LogP contribution in [0.2, 0.25) is 0 Å². The number of thioether (sulfide) groups is 1. The number of carbonyl (C=O) groups is 2. The first-order chi connectivity index (χ1) is 11.6. The first-order valence-corrected chi connectivity index (χ1v) is 9.55. The predicted octanol–water partition coefficient (Wildman–Crippen LogP) is 2.81. The van der Waals surface area contributed by atoms with Crippen molar-refractivity contribution in [3.8, 4) is 0 Å². The summed E-state index contributed by atoms with van der Waals surface area (Å²) >= 11 is 2.73. The van der Waals surface area contributed by atoms with E-state index >= 15 is 0 Å². The zero-order valence-corrected chi connectivity index (χ0v) is 15.0. The second kappa shape index (κ2) is 7.76. The quantitative estimate of drug-likeness (QED) is 0.828. The van der Waals surface area contributed by atoms with Crippen molar-refractivity contribution in [1.82, 2.24) is 15.1 Å². The van der Waals surface area contributed by atoms with Crippen LogP contribution in [0.1, 0.15) is 28.2 Å². The van der Waals surface area contributed by atoms with Crippen LogP contribution in [-0.4, -0.2) is 45.8 Å². The Morgan fingerprint density at radius 3 is 2.71 bits per heavy atom. The van der Waals surface area contributed by atoms with Gasteiger partial charge in [0.2, 0.25) is 11.0 Å². The molecule has 0 bridgehead atoms. The Labute approximate surface area is 148 Å². The van der Waals surface area contributed by atoms with Crippen LogP contribution in [0.25, 0.3) is 0 Å². The Kier molecular flexibility index (Phi) is 5.47. The van der Waals surface area contributed by atoms with Gasteiger partial charge in [-0.25, -0.2) is 0 Å². The van der Waals surface area contributed by atoms with E-state index < -0.39 is 0 Å². The van der Waals surface area contributed by atoms with E-state index in [0.717, 1.165) is 35.8 Å². The largest absolute Gasteiger partial charge is 0.342 e. The summed E-state index contributed by atoms with van der Waals surface area (Å²) < 4.78 is 0. The lowest BCUT2D eigenvalue weighted by molar-refractivity contribution is -0.127. The van der Waals surface area contributed by atoms with Crippen molar-refractivity contribution in [3.63, 3.8) is 0 Å². The number of hydrogen-bond donors (Lipinski definition) is 1. The van der Waals surface area contributed by atoms with Crippen LogP contribution in [0, 0.1) is 6.92 Å². The summed E-state index contributed by atoms with van der Waals surface area (Å²) in [6.07, 6.45) is 2.16. The van der Waals surface area contributed by atoms with Gasteiger partial charge >= 0.3 is 0 Å². The standard InChI is InChI=1S/C16H18N4O2S2/c1-11-18-19-16(24-11)17-15(22)12-6-2-3-7-13(12)23-10-14(21)20-8-4-5-9-20/h2-3,6-7H,4-5,8-10H2,1H3,(H,17,19,22). The third-order valence-corrected chi connectivity index (χ3v) is 5.50. The molecule has 24 heavy (non-hydrogen) atoms. The highest BCUT2D eigenvalue weighted by Crippen LogP contribution is 2.25. The summed E-state index contributed by atoms with van der Waals surface area (Å²) in [5.41, 5.74) is 0.546. The lowest BCUT2D eigenvalue weighted by Gasteiger charge is -2.15. The van der Waals surface area contributed by atoms with Gasteiger partial charge in [-0.2, -0.15) is 0 Å². The van der Waals surface area contributed by atoms with Crippen LogP contribution in [0.3, 0.4) is 0 Å². The fraction of sp³-hybridized carbons (Fsp3) is 0.375. The summed E-state index contributed by atoms with van der Waals surface area (Å²) in [7, 11) is 0. The highest BCUT2D eigenvalue weighted by Gasteiger charge is 2.19. The minimum atomic E-state index is -0.233. The molecule has 0 atom stereocenters. The molecule has 1 aromatic carbocycles. The number of amides is 2. The first-order valence-electron chi connectivity index (χ1n) is 7.74. The number of likely N-dealkylation sites (tertiary alicyclic amines) is 1. The van der Waals surface area contributed by atoms with E-state index in [1.165, 1.54) is 23.1 Å². The third-order valence-electron chi connectivity index (χ3n) is 3.69. The van der Waals surface area contributed by atoms with Gasteiger partial charge < -0.3 is 4.90 Å².